The molecule has 2 atom stereocenters. The van der Waals surface area contributed by atoms with Crippen LogP contribution in [-0.4, -0.2) is 16.0 Å². The fraction of sp³-hybridized carbons (Fsp3) is 0.231. The fourth-order valence-electron chi connectivity index (χ4n) is 4.14. The predicted octanol–water partition coefficient (Wildman–Crippen LogP) is 7.34. The lowest BCUT2D eigenvalue weighted by Gasteiger charge is -2.11. The number of benzene rings is 3. The molecule has 1 amide bonds. The number of hydrogen-bond donors (Lipinski definition) is 2. The van der Waals surface area contributed by atoms with Gasteiger partial charge in [-0.3, -0.25) is 9.59 Å². The fourth-order valence-corrected chi connectivity index (χ4v) is 5.19. The number of rotatable bonds is 6. The van der Waals surface area contributed by atoms with Crippen LogP contribution in [0.15, 0.2) is 54.6 Å². The molecule has 0 aromatic heterocycles. The summed E-state index contributed by atoms with van der Waals surface area (Å²) in [6, 6.07) is 11.9. The number of carbonyl (C=O) groups is 2. The van der Waals surface area contributed by atoms with Gasteiger partial charge in [0.05, 0.1) is 16.5 Å². The summed E-state index contributed by atoms with van der Waals surface area (Å²) in [4.78, 5) is 25.8. The monoisotopic (exact) mass is 572 g/mol. The number of amides is 1. The van der Waals surface area contributed by atoms with Gasteiger partial charge in [-0.25, -0.2) is 4.39 Å². The molecular weight excluding hydrogens is 555 g/mol. The molecule has 3 aromatic rings. The number of nitrogens with one attached hydrogen (secondary N) is 1. The maximum atomic E-state index is 13.7. The highest BCUT2D eigenvalue weighted by atomic mass is 35.5. The number of nitrogens with two attached hydrogens (primary N) is 1. The van der Waals surface area contributed by atoms with Crippen molar-refractivity contribution in [2.24, 2.45) is 5.92 Å². The van der Waals surface area contributed by atoms with E-state index in [-0.39, 0.29) is 34.0 Å². The van der Waals surface area contributed by atoms with Gasteiger partial charge in [-0.2, -0.15) is 13.2 Å². The third kappa shape index (κ3) is 5.56. The van der Waals surface area contributed by atoms with Crippen molar-refractivity contribution in [2.45, 2.75) is 29.8 Å². The van der Waals surface area contributed by atoms with Crippen LogP contribution in [0.4, 0.5) is 28.9 Å². The minimum Gasteiger partial charge on any atom is -0.399 e. The SMILES string of the molecule is Cc1ccc(CC(=O)c2cc(NC(=O)[C@H]3[C@H](c4ccc(F)c(C(F)(F)F)c4)C3(Cl)Cl)ccc2Cl)cc1N. The number of halogens is 7. The summed E-state index contributed by atoms with van der Waals surface area (Å²) >= 11 is 18.7. The summed E-state index contributed by atoms with van der Waals surface area (Å²) in [6.45, 7) is 1.84. The molecule has 0 saturated heterocycles. The molecule has 3 aromatic carbocycles. The summed E-state index contributed by atoms with van der Waals surface area (Å²) in [5, 5.41) is 2.75. The molecule has 0 bridgehead atoms. The minimum absolute atomic E-state index is 0.0187. The first kappa shape index (κ1) is 27.2. The third-order valence-electron chi connectivity index (χ3n) is 6.23. The molecule has 4 rings (SSSR count). The number of carbonyl (C=O) groups excluding carboxylic acids is 2. The van der Waals surface area contributed by atoms with E-state index in [9.17, 15) is 27.2 Å². The summed E-state index contributed by atoms with van der Waals surface area (Å²) in [5.74, 6) is -4.56. The summed E-state index contributed by atoms with van der Waals surface area (Å²) < 4.78 is 51.4. The van der Waals surface area contributed by atoms with Gasteiger partial charge in [0.15, 0.2) is 5.78 Å². The van der Waals surface area contributed by atoms with Crippen molar-refractivity contribution in [2.75, 3.05) is 11.1 Å². The molecule has 1 aliphatic rings. The van der Waals surface area contributed by atoms with Gasteiger partial charge in [-0.15, -0.1) is 23.2 Å². The lowest BCUT2D eigenvalue weighted by atomic mass is 10.0. The molecular formula is C26H19Cl3F4N2O2. The van der Waals surface area contributed by atoms with Crippen LogP contribution in [0.25, 0.3) is 0 Å². The van der Waals surface area contributed by atoms with Gasteiger partial charge < -0.3 is 11.1 Å². The van der Waals surface area contributed by atoms with E-state index in [1.165, 1.54) is 18.2 Å². The van der Waals surface area contributed by atoms with Gasteiger partial charge in [-0.1, -0.05) is 29.8 Å². The zero-order valence-corrected chi connectivity index (χ0v) is 21.4. The molecule has 0 radical (unpaired) electrons. The number of ketones is 1. The second kappa shape index (κ2) is 9.82. The second-order valence-electron chi connectivity index (χ2n) is 8.84. The topological polar surface area (TPSA) is 72.2 Å². The van der Waals surface area contributed by atoms with Crippen LogP contribution in [0.5, 0.6) is 0 Å². The average molecular weight is 574 g/mol. The molecule has 0 unspecified atom stereocenters. The summed E-state index contributed by atoms with van der Waals surface area (Å²) in [7, 11) is 0. The first-order valence-electron chi connectivity index (χ1n) is 10.9. The van der Waals surface area contributed by atoms with Crippen LogP contribution >= 0.6 is 34.8 Å². The Labute approximate surface area is 224 Å². The molecule has 0 aliphatic heterocycles. The maximum Gasteiger partial charge on any atom is 0.419 e. The maximum absolute atomic E-state index is 13.7. The Bertz CT molecular complexity index is 1410. The highest BCUT2D eigenvalue weighted by molar-refractivity contribution is 6.53. The van der Waals surface area contributed by atoms with Crippen LogP contribution < -0.4 is 11.1 Å². The first-order chi connectivity index (χ1) is 17.2. The number of Topliss-reactive ketones (excluding diaryl/α,β-unsaturated/α-hetero) is 1. The van der Waals surface area contributed by atoms with Crippen molar-refractivity contribution in [1.29, 1.82) is 0 Å². The van der Waals surface area contributed by atoms with Crippen molar-refractivity contribution in [3.05, 3.63) is 93.3 Å². The lowest BCUT2D eigenvalue weighted by molar-refractivity contribution is -0.140. The van der Waals surface area contributed by atoms with E-state index in [0.29, 0.717) is 23.4 Å². The van der Waals surface area contributed by atoms with Crippen LogP contribution in [0.1, 0.15) is 38.5 Å². The van der Waals surface area contributed by atoms with Crippen molar-refractivity contribution in [3.8, 4) is 0 Å². The zero-order chi connectivity index (χ0) is 27.3. The molecule has 11 heteroatoms. The van der Waals surface area contributed by atoms with Gasteiger partial charge in [0, 0.05) is 29.3 Å². The molecule has 4 nitrogen and oxygen atoms in total. The third-order valence-corrected chi connectivity index (χ3v) is 7.50. The normalized spacial score (nSPS) is 18.4. The van der Waals surface area contributed by atoms with Crippen molar-refractivity contribution in [1.82, 2.24) is 0 Å². The standard InChI is InChI=1S/C26H19Cl3F4N2O2/c1-12-2-3-13(8-20(12)34)9-21(36)16-11-15(5-6-18(16)27)35-24(37)23-22(25(23,28)29)14-4-7-19(30)17(10-14)26(31,32)33/h2-8,10-11,22-23H,9,34H2,1H3,(H,35,37)/t22-,23+/m0/s1. The van der Waals surface area contributed by atoms with Gasteiger partial charge in [0.25, 0.3) is 0 Å². The van der Waals surface area contributed by atoms with Crippen LogP contribution in [-0.2, 0) is 17.4 Å². The van der Waals surface area contributed by atoms with Gasteiger partial charge in [0.2, 0.25) is 5.91 Å². The van der Waals surface area contributed by atoms with E-state index in [1.807, 2.05) is 6.92 Å². The summed E-state index contributed by atoms with van der Waals surface area (Å²) in [6.07, 6.45) is -4.91. The highest BCUT2D eigenvalue weighted by Crippen LogP contribution is 2.65. The number of anilines is 2. The van der Waals surface area contributed by atoms with E-state index >= 15 is 0 Å². The molecule has 37 heavy (non-hydrogen) atoms. The molecule has 1 fully saturated rings. The number of nitrogen functional groups attached to an aromatic ring is 1. The highest BCUT2D eigenvalue weighted by Gasteiger charge is 2.67. The predicted molar refractivity (Wildman–Crippen MR) is 136 cm³/mol. The Morgan fingerprint density at radius 3 is 2.41 bits per heavy atom. The molecule has 1 aliphatic carbocycles. The Morgan fingerprint density at radius 2 is 1.76 bits per heavy atom. The van der Waals surface area contributed by atoms with E-state index < -0.39 is 39.6 Å². The number of alkyl halides is 5. The Morgan fingerprint density at radius 1 is 1.05 bits per heavy atom. The van der Waals surface area contributed by atoms with E-state index in [1.54, 1.807) is 18.2 Å². The van der Waals surface area contributed by atoms with E-state index in [0.717, 1.165) is 11.6 Å². The Kier molecular flexibility index (Phi) is 7.22. The largest absolute Gasteiger partial charge is 0.419 e. The van der Waals surface area contributed by atoms with Crippen LogP contribution in [0.2, 0.25) is 5.02 Å². The van der Waals surface area contributed by atoms with E-state index in [4.69, 9.17) is 40.5 Å². The Balaban J connectivity index is 1.52. The smallest absolute Gasteiger partial charge is 0.399 e. The molecule has 3 N–H and O–H groups in total. The van der Waals surface area contributed by atoms with Crippen LogP contribution in [0, 0.1) is 18.7 Å². The van der Waals surface area contributed by atoms with Crippen molar-refractivity contribution >= 4 is 57.9 Å². The van der Waals surface area contributed by atoms with Gasteiger partial charge in [0.1, 0.15) is 10.2 Å². The Hall–Kier alpha value is -2.81. The summed E-state index contributed by atoms with van der Waals surface area (Å²) in [5.41, 5.74) is 6.89. The lowest BCUT2D eigenvalue weighted by Crippen LogP contribution is -2.17. The number of hydrogen-bond acceptors (Lipinski definition) is 3. The molecule has 0 heterocycles. The van der Waals surface area contributed by atoms with Crippen molar-refractivity contribution < 1.29 is 27.2 Å². The quantitative estimate of drug-likeness (QED) is 0.140. The van der Waals surface area contributed by atoms with Gasteiger partial charge in [-0.05, 0) is 60.0 Å². The zero-order valence-electron chi connectivity index (χ0n) is 19.1. The molecule has 0 spiro atoms. The second-order valence-corrected chi connectivity index (χ2v) is 10.7. The van der Waals surface area contributed by atoms with Crippen LogP contribution in [0.3, 0.4) is 0 Å². The van der Waals surface area contributed by atoms with E-state index in [2.05, 4.69) is 5.32 Å². The first-order valence-corrected chi connectivity index (χ1v) is 12.1. The average Bonchev–Trinajstić information content (AvgIpc) is 3.39. The molecule has 1 saturated carbocycles. The number of aryl methyl sites for hydroxylation is 1. The van der Waals surface area contributed by atoms with Crippen molar-refractivity contribution in [3.63, 3.8) is 0 Å². The molecule has 194 valence electrons. The van der Waals surface area contributed by atoms with Gasteiger partial charge >= 0.3 is 6.18 Å². The minimum atomic E-state index is -4.93.